The standard InChI is InChI=1S/C22H15Cl2N3O5/c23-16-6-1-13(2-7-16)20(28)31-18-10-5-15(12-26-27-22(25)30)19(11-18)32-21(29)14-3-8-17(24)9-4-14/h1-12H,(H3,25,27,30). The molecule has 0 atom stereocenters. The summed E-state index contributed by atoms with van der Waals surface area (Å²) < 4.78 is 10.8. The lowest BCUT2D eigenvalue weighted by Crippen LogP contribution is -2.24. The molecule has 0 unspecified atom stereocenters. The highest BCUT2D eigenvalue weighted by molar-refractivity contribution is 6.31. The maximum absolute atomic E-state index is 12.5. The Bertz CT molecular complexity index is 1180. The number of amides is 2. The van der Waals surface area contributed by atoms with Gasteiger partial charge in [0, 0.05) is 21.7 Å². The number of rotatable bonds is 6. The minimum atomic E-state index is -0.866. The number of nitrogens with two attached hydrogens (primary N) is 1. The van der Waals surface area contributed by atoms with Crippen molar-refractivity contribution >= 4 is 47.4 Å². The molecule has 0 aliphatic heterocycles. The maximum atomic E-state index is 12.5. The van der Waals surface area contributed by atoms with E-state index in [4.69, 9.17) is 38.4 Å². The molecule has 8 nitrogen and oxygen atoms in total. The van der Waals surface area contributed by atoms with E-state index >= 15 is 0 Å². The Morgan fingerprint density at radius 2 is 1.34 bits per heavy atom. The summed E-state index contributed by atoms with van der Waals surface area (Å²) in [6.07, 6.45) is 1.22. The summed E-state index contributed by atoms with van der Waals surface area (Å²) in [5, 5.41) is 4.60. The molecule has 0 saturated heterocycles. The minimum absolute atomic E-state index is 0.0291. The normalized spacial score (nSPS) is 10.6. The number of carbonyl (C=O) groups is 3. The first-order valence-corrected chi connectivity index (χ1v) is 9.75. The van der Waals surface area contributed by atoms with Gasteiger partial charge in [-0.05, 0) is 60.7 Å². The molecule has 32 heavy (non-hydrogen) atoms. The predicted molar refractivity (Wildman–Crippen MR) is 120 cm³/mol. The van der Waals surface area contributed by atoms with Gasteiger partial charge in [0.25, 0.3) is 0 Å². The molecule has 0 aromatic heterocycles. The molecule has 0 aliphatic carbocycles. The van der Waals surface area contributed by atoms with Crippen LogP contribution in [0, 0.1) is 0 Å². The molecule has 0 radical (unpaired) electrons. The molecule has 162 valence electrons. The largest absolute Gasteiger partial charge is 0.423 e. The van der Waals surface area contributed by atoms with Crippen LogP contribution in [-0.4, -0.2) is 24.2 Å². The number of hydrogen-bond donors (Lipinski definition) is 2. The van der Waals surface area contributed by atoms with Gasteiger partial charge in [-0.25, -0.2) is 19.8 Å². The number of urea groups is 1. The van der Waals surface area contributed by atoms with Crippen LogP contribution in [0.25, 0.3) is 0 Å². The fourth-order valence-corrected chi connectivity index (χ4v) is 2.69. The number of hydrogen-bond acceptors (Lipinski definition) is 6. The molecule has 0 spiro atoms. The van der Waals surface area contributed by atoms with Crippen molar-refractivity contribution < 1.29 is 23.9 Å². The molecule has 0 saturated carbocycles. The van der Waals surface area contributed by atoms with E-state index in [0.717, 1.165) is 0 Å². The van der Waals surface area contributed by atoms with Gasteiger partial charge in [-0.1, -0.05) is 23.2 Å². The van der Waals surface area contributed by atoms with E-state index in [1.807, 2.05) is 5.43 Å². The molecule has 3 N–H and O–H groups in total. The van der Waals surface area contributed by atoms with Crippen molar-refractivity contribution in [1.82, 2.24) is 5.43 Å². The van der Waals surface area contributed by atoms with Crippen LogP contribution in [0.2, 0.25) is 10.0 Å². The number of hydrazone groups is 1. The number of carbonyl (C=O) groups excluding carboxylic acids is 3. The van der Waals surface area contributed by atoms with E-state index in [9.17, 15) is 14.4 Å². The zero-order chi connectivity index (χ0) is 23.1. The summed E-state index contributed by atoms with van der Waals surface area (Å²) in [4.78, 5) is 35.7. The average molecular weight is 472 g/mol. The highest BCUT2D eigenvalue weighted by atomic mass is 35.5. The zero-order valence-corrected chi connectivity index (χ0v) is 17.8. The van der Waals surface area contributed by atoms with Gasteiger partial charge in [-0.2, -0.15) is 5.10 Å². The quantitative estimate of drug-likeness (QED) is 0.238. The Kier molecular flexibility index (Phi) is 7.43. The van der Waals surface area contributed by atoms with Crippen LogP contribution in [0.15, 0.2) is 71.8 Å². The summed E-state index contributed by atoms with van der Waals surface area (Å²) in [5.41, 5.74) is 7.87. The third kappa shape index (κ3) is 6.31. The van der Waals surface area contributed by atoms with Crippen LogP contribution < -0.4 is 20.6 Å². The molecule has 0 heterocycles. The van der Waals surface area contributed by atoms with Gasteiger partial charge in [-0.3, -0.25) is 0 Å². The van der Waals surface area contributed by atoms with Crippen molar-refractivity contribution in [2.75, 3.05) is 0 Å². The zero-order valence-electron chi connectivity index (χ0n) is 16.2. The van der Waals surface area contributed by atoms with Crippen molar-refractivity contribution in [2.45, 2.75) is 0 Å². The van der Waals surface area contributed by atoms with E-state index in [1.54, 1.807) is 24.3 Å². The van der Waals surface area contributed by atoms with Crippen molar-refractivity contribution in [3.05, 3.63) is 93.5 Å². The van der Waals surface area contributed by atoms with Gasteiger partial charge >= 0.3 is 18.0 Å². The van der Waals surface area contributed by atoms with Gasteiger partial charge in [-0.15, -0.1) is 0 Å². The molecular weight excluding hydrogens is 457 g/mol. The molecule has 2 amide bonds. The molecule has 10 heteroatoms. The molecular formula is C22H15Cl2N3O5. The number of nitrogens with zero attached hydrogens (tertiary/aromatic N) is 1. The molecule has 3 rings (SSSR count). The molecule has 0 fully saturated rings. The van der Waals surface area contributed by atoms with Crippen LogP contribution in [-0.2, 0) is 0 Å². The fraction of sp³-hybridized carbons (Fsp3) is 0. The Balaban J connectivity index is 1.86. The number of ether oxygens (including phenoxy) is 2. The van der Waals surface area contributed by atoms with Gasteiger partial charge in [0.05, 0.1) is 17.3 Å². The second-order valence-electron chi connectivity index (χ2n) is 6.23. The topological polar surface area (TPSA) is 120 Å². The third-order valence-corrected chi connectivity index (χ3v) is 4.44. The monoisotopic (exact) mass is 471 g/mol. The number of primary amides is 1. The van der Waals surface area contributed by atoms with Crippen molar-refractivity contribution in [3.8, 4) is 11.5 Å². The van der Waals surface area contributed by atoms with E-state index in [2.05, 4.69) is 5.10 Å². The van der Waals surface area contributed by atoms with Gasteiger partial charge in [0.1, 0.15) is 11.5 Å². The third-order valence-electron chi connectivity index (χ3n) is 3.94. The van der Waals surface area contributed by atoms with E-state index < -0.39 is 18.0 Å². The molecule has 0 aliphatic rings. The van der Waals surface area contributed by atoms with Crippen molar-refractivity contribution in [1.29, 1.82) is 0 Å². The lowest BCUT2D eigenvalue weighted by atomic mass is 10.2. The number of halogens is 2. The van der Waals surface area contributed by atoms with E-state index in [0.29, 0.717) is 15.6 Å². The SMILES string of the molecule is NC(=O)NN=Cc1ccc(OC(=O)c2ccc(Cl)cc2)cc1OC(=O)c1ccc(Cl)cc1. The second kappa shape index (κ2) is 10.4. The Morgan fingerprint density at radius 1 is 0.812 bits per heavy atom. The Morgan fingerprint density at radius 3 is 1.88 bits per heavy atom. The Labute approximate surface area is 192 Å². The van der Waals surface area contributed by atoms with Gasteiger partial charge in [0.15, 0.2) is 0 Å². The minimum Gasteiger partial charge on any atom is -0.423 e. The lowest BCUT2D eigenvalue weighted by molar-refractivity contribution is 0.0732. The lowest BCUT2D eigenvalue weighted by Gasteiger charge is -2.10. The number of benzene rings is 3. The van der Waals surface area contributed by atoms with Gasteiger partial charge < -0.3 is 15.2 Å². The smallest absolute Gasteiger partial charge is 0.343 e. The first kappa shape index (κ1) is 22.8. The van der Waals surface area contributed by atoms with Crippen molar-refractivity contribution in [2.24, 2.45) is 10.8 Å². The highest BCUT2D eigenvalue weighted by Gasteiger charge is 2.15. The first-order valence-electron chi connectivity index (χ1n) is 9.00. The summed E-state index contributed by atoms with van der Waals surface area (Å²) >= 11 is 11.7. The van der Waals surface area contributed by atoms with Crippen molar-refractivity contribution in [3.63, 3.8) is 0 Å². The number of esters is 2. The predicted octanol–water partition coefficient (Wildman–Crippen LogP) is 4.43. The number of nitrogens with one attached hydrogen (secondary N) is 1. The second-order valence-corrected chi connectivity index (χ2v) is 7.10. The highest BCUT2D eigenvalue weighted by Crippen LogP contribution is 2.26. The molecule has 3 aromatic rings. The van der Waals surface area contributed by atoms with Crippen LogP contribution in [0.5, 0.6) is 11.5 Å². The summed E-state index contributed by atoms with van der Waals surface area (Å²) in [5.74, 6) is -1.17. The fourth-order valence-electron chi connectivity index (χ4n) is 2.44. The van der Waals surface area contributed by atoms with Crippen LogP contribution in [0.4, 0.5) is 4.79 Å². The van der Waals surface area contributed by atoms with E-state index in [-0.39, 0.29) is 22.6 Å². The van der Waals surface area contributed by atoms with Crippen LogP contribution in [0.3, 0.4) is 0 Å². The van der Waals surface area contributed by atoms with Crippen LogP contribution in [0.1, 0.15) is 26.3 Å². The molecule has 3 aromatic carbocycles. The summed E-state index contributed by atoms with van der Waals surface area (Å²) in [6, 6.07) is 15.7. The summed E-state index contributed by atoms with van der Waals surface area (Å²) in [6.45, 7) is 0. The molecule has 0 bridgehead atoms. The Hall–Kier alpha value is -3.88. The van der Waals surface area contributed by atoms with Gasteiger partial charge in [0.2, 0.25) is 0 Å². The van der Waals surface area contributed by atoms with E-state index in [1.165, 1.54) is 48.7 Å². The van der Waals surface area contributed by atoms with Crippen LogP contribution >= 0.6 is 23.2 Å². The first-order chi connectivity index (χ1) is 15.3. The average Bonchev–Trinajstić information content (AvgIpc) is 2.76. The maximum Gasteiger partial charge on any atom is 0.343 e. The summed E-state index contributed by atoms with van der Waals surface area (Å²) in [7, 11) is 0.